The zero-order valence-corrected chi connectivity index (χ0v) is 31.8. The van der Waals surface area contributed by atoms with Gasteiger partial charge in [-0.15, -0.1) is 0 Å². The third kappa shape index (κ3) is 4.23. The Morgan fingerprint density at radius 2 is 0.685 bits per heavy atom. The molecular formula is C52H42N2. The van der Waals surface area contributed by atoms with Gasteiger partial charge in [-0.2, -0.15) is 0 Å². The average Bonchev–Trinajstić information content (AvgIpc) is 3.70. The number of hydrogen-bond acceptors (Lipinski definition) is 0. The second kappa shape index (κ2) is 10.7. The maximum atomic E-state index is 2.56. The van der Waals surface area contributed by atoms with Crippen LogP contribution in [-0.4, -0.2) is 8.80 Å². The number of aromatic nitrogens is 2. The van der Waals surface area contributed by atoms with Gasteiger partial charge in [0.15, 0.2) is 0 Å². The molecule has 0 aliphatic carbocycles. The smallest absolute Gasteiger partial charge is 0.0783 e. The first-order valence-electron chi connectivity index (χ1n) is 19.3. The first kappa shape index (κ1) is 31.4. The molecule has 8 aromatic carbocycles. The van der Waals surface area contributed by atoms with Gasteiger partial charge in [0.1, 0.15) is 0 Å². The summed E-state index contributed by atoms with van der Waals surface area (Å²) in [6, 6.07) is 55.2. The first-order valence-corrected chi connectivity index (χ1v) is 19.3. The Labute approximate surface area is 315 Å². The van der Waals surface area contributed by atoms with Crippen LogP contribution in [-0.2, 0) is 10.8 Å². The minimum absolute atomic E-state index is 0.102. The fraction of sp³-hybridized carbons (Fsp3) is 0.154. The molecule has 0 fully saturated rings. The largest absolute Gasteiger partial charge is 0.305 e. The van der Waals surface area contributed by atoms with Crippen molar-refractivity contribution in [3.8, 4) is 22.3 Å². The van der Waals surface area contributed by atoms with Gasteiger partial charge in [-0.1, -0.05) is 163 Å². The average molecular weight is 695 g/mol. The zero-order valence-electron chi connectivity index (χ0n) is 31.8. The fourth-order valence-electron chi connectivity index (χ4n) is 9.46. The standard InChI is InChI=1S/C52H42N2/c1-51(2,3)33-25-21-31(22-26-33)41-29-45-47(37-15-9-7-13-35(37)41)39-17-11-20-44-49(39)53(45)43-19-12-18-40-48-38-16-10-8-14-36(38)42(30-46(48)54(44)50(40)43)32-23-27-34(28-24-32)52(4,5)6/h7-30H,1-6H3. The Kier molecular flexibility index (Phi) is 6.24. The van der Waals surface area contributed by atoms with E-state index < -0.39 is 0 Å². The third-order valence-corrected chi connectivity index (χ3v) is 12.2. The van der Waals surface area contributed by atoms with Gasteiger partial charge in [0.05, 0.1) is 33.1 Å². The van der Waals surface area contributed by atoms with Crippen LogP contribution in [0.15, 0.2) is 146 Å². The lowest BCUT2D eigenvalue weighted by atomic mass is 9.85. The Morgan fingerprint density at radius 1 is 0.333 bits per heavy atom. The van der Waals surface area contributed by atoms with Crippen molar-refractivity contribution in [2.45, 2.75) is 52.4 Å². The molecule has 0 radical (unpaired) electrons. The molecule has 3 heterocycles. The highest BCUT2D eigenvalue weighted by molar-refractivity contribution is 6.31. The van der Waals surface area contributed by atoms with Crippen molar-refractivity contribution in [3.05, 3.63) is 157 Å². The number of rotatable bonds is 2. The summed E-state index contributed by atoms with van der Waals surface area (Å²) in [6.45, 7) is 13.7. The van der Waals surface area contributed by atoms with Crippen molar-refractivity contribution in [1.29, 1.82) is 0 Å². The summed E-state index contributed by atoms with van der Waals surface area (Å²) in [4.78, 5) is 0. The molecule has 0 bridgehead atoms. The van der Waals surface area contributed by atoms with Crippen LogP contribution in [0.3, 0.4) is 0 Å². The molecule has 3 aromatic heterocycles. The second-order valence-electron chi connectivity index (χ2n) is 17.4. The Hall–Kier alpha value is -6.12. The van der Waals surface area contributed by atoms with Crippen LogP contribution >= 0.6 is 0 Å². The van der Waals surface area contributed by atoms with Gasteiger partial charge in [-0.05, 0) is 90.0 Å². The van der Waals surface area contributed by atoms with Gasteiger partial charge in [0, 0.05) is 21.5 Å². The van der Waals surface area contributed by atoms with Gasteiger partial charge in [-0.3, -0.25) is 0 Å². The molecule has 0 aliphatic rings. The summed E-state index contributed by atoms with van der Waals surface area (Å²) in [5.74, 6) is 0. The van der Waals surface area contributed by atoms with Crippen molar-refractivity contribution in [2.75, 3.05) is 0 Å². The summed E-state index contributed by atoms with van der Waals surface area (Å²) in [7, 11) is 0. The number of para-hydroxylation sites is 2. The van der Waals surface area contributed by atoms with E-state index in [1.807, 2.05) is 0 Å². The van der Waals surface area contributed by atoms with Crippen LogP contribution in [0.5, 0.6) is 0 Å². The molecule has 0 aliphatic heterocycles. The maximum Gasteiger partial charge on any atom is 0.0783 e. The number of benzene rings is 8. The predicted octanol–water partition coefficient (Wildman–Crippen LogP) is 14.5. The van der Waals surface area contributed by atoms with E-state index in [4.69, 9.17) is 0 Å². The van der Waals surface area contributed by atoms with E-state index in [0.717, 1.165) is 0 Å². The van der Waals surface area contributed by atoms with Crippen LogP contribution in [0.25, 0.3) is 98.4 Å². The Balaban J connectivity index is 1.29. The number of nitrogens with zero attached hydrogens (tertiary/aromatic N) is 2. The molecule has 0 atom stereocenters. The molecule has 2 nitrogen and oxygen atoms in total. The van der Waals surface area contributed by atoms with E-state index in [9.17, 15) is 0 Å². The molecule has 0 saturated carbocycles. The van der Waals surface area contributed by atoms with Gasteiger partial charge < -0.3 is 8.80 Å². The molecule has 54 heavy (non-hydrogen) atoms. The van der Waals surface area contributed by atoms with Crippen LogP contribution in [0.1, 0.15) is 52.7 Å². The van der Waals surface area contributed by atoms with Crippen LogP contribution in [0, 0.1) is 0 Å². The number of fused-ring (bicyclic) bond motifs is 12. The highest BCUT2D eigenvalue weighted by Crippen LogP contribution is 2.47. The molecular weight excluding hydrogens is 653 g/mol. The lowest BCUT2D eigenvalue weighted by molar-refractivity contribution is 0.590. The van der Waals surface area contributed by atoms with Crippen molar-refractivity contribution in [1.82, 2.24) is 8.80 Å². The van der Waals surface area contributed by atoms with E-state index >= 15 is 0 Å². The van der Waals surface area contributed by atoms with Crippen molar-refractivity contribution in [3.63, 3.8) is 0 Å². The van der Waals surface area contributed by atoms with Crippen LogP contribution < -0.4 is 0 Å². The monoisotopic (exact) mass is 694 g/mol. The summed E-state index contributed by atoms with van der Waals surface area (Å²) in [5, 5.41) is 10.4. The zero-order chi connectivity index (χ0) is 36.7. The van der Waals surface area contributed by atoms with E-state index in [1.54, 1.807) is 0 Å². The topological polar surface area (TPSA) is 8.82 Å². The second-order valence-corrected chi connectivity index (χ2v) is 17.4. The molecule has 2 heteroatoms. The van der Waals surface area contributed by atoms with Gasteiger partial charge in [0.2, 0.25) is 0 Å². The normalized spacial score (nSPS) is 13.0. The molecule has 0 unspecified atom stereocenters. The summed E-state index contributed by atoms with van der Waals surface area (Å²) in [5.41, 5.74) is 15.4. The maximum absolute atomic E-state index is 2.56. The minimum atomic E-state index is 0.102. The lowest BCUT2D eigenvalue weighted by Crippen LogP contribution is -2.10. The molecule has 11 aromatic rings. The molecule has 0 N–H and O–H groups in total. The van der Waals surface area contributed by atoms with Gasteiger partial charge in [0.25, 0.3) is 0 Å². The van der Waals surface area contributed by atoms with Gasteiger partial charge >= 0.3 is 0 Å². The molecule has 11 rings (SSSR count). The predicted molar refractivity (Wildman–Crippen MR) is 233 cm³/mol. The molecule has 0 spiro atoms. The molecule has 0 saturated heterocycles. The third-order valence-electron chi connectivity index (χ3n) is 12.2. The van der Waals surface area contributed by atoms with Crippen LogP contribution in [0.4, 0.5) is 0 Å². The van der Waals surface area contributed by atoms with Crippen LogP contribution in [0.2, 0.25) is 0 Å². The summed E-state index contributed by atoms with van der Waals surface area (Å²) < 4.78 is 5.13. The molecule has 260 valence electrons. The van der Waals surface area contributed by atoms with E-state index in [2.05, 4.69) is 196 Å². The lowest BCUT2D eigenvalue weighted by Gasteiger charge is -2.19. The highest BCUT2D eigenvalue weighted by atomic mass is 15.0. The van der Waals surface area contributed by atoms with Crippen molar-refractivity contribution in [2.24, 2.45) is 0 Å². The Bertz CT molecular complexity index is 3080. The Morgan fingerprint density at radius 3 is 1.06 bits per heavy atom. The van der Waals surface area contributed by atoms with E-state index in [1.165, 1.54) is 110 Å². The summed E-state index contributed by atoms with van der Waals surface area (Å²) in [6.07, 6.45) is 0. The SMILES string of the molecule is CC(C)(C)c1ccc(-c2cc3c(c4ccccc24)c2cccc4c2n3c2cccc3c5c6ccccc6c(-c6ccc(C(C)(C)C)cc6)cc5n4c32)cc1. The quantitative estimate of drug-likeness (QED) is 0.159. The summed E-state index contributed by atoms with van der Waals surface area (Å²) >= 11 is 0. The van der Waals surface area contributed by atoms with Crippen molar-refractivity contribution >= 4 is 76.2 Å². The minimum Gasteiger partial charge on any atom is -0.305 e. The van der Waals surface area contributed by atoms with E-state index in [-0.39, 0.29) is 10.8 Å². The fourth-order valence-corrected chi connectivity index (χ4v) is 9.46. The molecule has 0 amide bonds. The number of hydrogen-bond donors (Lipinski definition) is 0. The van der Waals surface area contributed by atoms with Gasteiger partial charge in [-0.25, -0.2) is 0 Å². The van der Waals surface area contributed by atoms with Crippen molar-refractivity contribution < 1.29 is 0 Å². The first-order chi connectivity index (χ1) is 26.1. The highest BCUT2D eigenvalue weighted by Gasteiger charge is 2.25. The van der Waals surface area contributed by atoms with E-state index in [0.29, 0.717) is 0 Å².